The second-order valence-electron chi connectivity index (χ2n) is 4.58. The Balaban J connectivity index is 2.92. The van der Waals surface area contributed by atoms with Gasteiger partial charge < -0.3 is 5.32 Å². The molecular formula is C13H18F3N. The topological polar surface area (TPSA) is 12.0 Å². The predicted octanol–water partition coefficient (Wildman–Crippen LogP) is 3.80. The maximum Gasteiger partial charge on any atom is 0.194 e. The Kier molecular flexibility index (Phi) is 5.00. The third-order valence-corrected chi connectivity index (χ3v) is 2.82. The van der Waals surface area contributed by atoms with E-state index >= 15 is 0 Å². The van der Waals surface area contributed by atoms with Gasteiger partial charge in [-0.15, -0.1) is 0 Å². The highest BCUT2D eigenvalue weighted by molar-refractivity contribution is 5.23. The molecule has 0 spiro atoms. The van der Waals surface area contributed by atoms with Crippen LogP contribution in [0.5, 0.6) is 0 Å². The first kappa shape index (κ1) is 14.0. The van der Waals surface area contributed by atoms with Crippen molar-refractivity contribution in [2.24, 2.45) is 5.92 Å². The van der Waals surface area contributed by atoms with E-state index in [4.69, 9.17) is 0 Å². The summed E-state index contributed by atoms with van der Waals surface area (Å²) in [4.78, 5) is 0. The lowest BCUT2D eigenvalue weighted by Crippen LogP contribution is -2.19. The molecule has 0 saturated heterocycles. The quantitative estimate of drug-likeness (QED) is 0.778. The van der Waals surface area contributed by atoms with Crippen molar-refractivity contribution < 1.29 is 13.2 Å². The summed E-state index contributed by atoms with van der Waals surface area (Å²) in [5.74, 6) is -3.15. The van der Waals surface area contributed by atoms with Crippen LogP contribution in [0.25, 0.3) is 0 Å². The third-order valence-electron chi connectivity index (χ3n) is 2.82. The lowest BCUT2D eigenvalue weighted by Gasteiger charge is -2.18. The average Bonchev–Trinajstić information content (AvgIpc) is 2.29. The highest BCUT2D eigenvalue weighted by atomic mass is 19.2. The fourth-order valence-corrected chi connectivity index (χ4v) is 1.77. The van der Waals surface area contributed by atoms with E-state index in [1.54, 1.807) is 7.05 Å². The first-order chi connectivity index (χ1) is 7.97. The van der Waals surface area contributed by atoms with Gasteiger partial charge in [-0.25, -0.2) is 13.2 Å². The molecule has 0 amide bonds. The van der Waals surface area contributed by atoms with Crippen LogP contribution in [-0.4, -0.2) is 7.05 Å². The summed E-state index contributed by atoms with van der Waals surface area (Å²) in [5.41, 5.74) is 0.187. The van der Waals surface area contributed by atoms with Crippen LogP contribution in [0.3, 0.4) is 0 Å². The molecule has 0 fully saturated rings. The molecule has 0 aliphatic carbocycles. The van der Waals surface area contributed by atoms with Crippen molar-refractivity contribution >= 4 is 0 Å². The van der Waals surface area contributed by atoms with Gasteiger partial charge in [-0.2, -0.15) is 0 Å². The second kappa shape index (κ2) is 6.05. The van der Waals surface area contributed by atoms with Crippen LogP contribution in [0.1, 0.15) is 38.3 Å². The number of benzene rings is 1. The molecule has 0 bridgehead atoms. The van der Waals surface area contributed by atoms with Gasteiger partial charge in [0.2, 0.25) is 0 Å². The maximum atomic E-state index is 13.6. The fraction of sp³-hybridized carbons (Fsp3) is 0.538. The lowest BCUT2D eigenvalue weighted by molar-refractivity contribution is 0.411. The first-order valence-corrected chi connectivity index (χ1v) is 5.78. The van der Waals surface area contributed by atoms with Crippen molar-refractivity contribution in [3.05, 3.63) is 35.1 Å². The van der Waals surface area contributed by atoms with Gasteiger partial charge in [0, 0.05) is 11.6 Å². The van der Waals surface area contributed by atoms with E-state index in [1.165, 1.54) is 6.07 Å². The van der Waals surface area contributed by atoms with Crippen molar-refractivity contribution in [1.29, 1.82) is 0 Å². The number of hydrogen-bond donors (Lipinski definition) is 1. The zero-order chi connectivity index (χ0) is 13.0. The Hall–Kier alpha value is -1.03. The Bertz CT molecular complexity index is 377. The van der Waals surface area contributed by atoms with E-state index in [2.05, 4.69) is 19.2 Å². The lowest BCUT2D eigenvalue weighted by atomic mass is 9.97. The molecular weight excluding hydrogens is 227 g/mol. The van der Waals surface area contributed by atoms with Crippen LogP contribution in [0.2, 0.25) is 0 Å². The van der Waals surface area contributed by atoms with Crippen LogP contribution in [-0.2, 0) is 0 Å². The van der Waals surface area contributed by atoms with Crippen molar-refractivity contribution in [2.75, 3.05) is 7.05 Å². The molecule has 1 nitrogen and oxygen atoms in total. The molecule has 0 aromatic heterocycles. The molecule has 0 saturated carbocycles. The Morgan fingerprint density at radius 3 is 2.24 bits per heavy atom. The van der Waals surface area contributed by atoms with Gasteiger partial charge in [0.05, 0.1) is 0 Å². The summed E-state index contributed by atoms with van der Waals surface area (Å²) < 4.78 is 39.5. The van der Waals surface area contributed by atoms with Gasteiger partial charge in [0.15, 0.2) is 17.5 Å². The van der Waals surface area contributed by atoms with Gasteiger partial charge in [0.1, 0.15) is 0 Å². The van der Waals surface area contributed by atoms with E-state index < -0.39 is 17.5 Å². The van der Waals surface area contributed by atoms with Crippen molar-refractivity contribution in [1.82, 2.24) is 5.32 Å². The molecule has 0 aliphatic rings. The minimum atomic E-state index is -1.40. The molecule has 1 aromatic carbocycles. The number of halogens is 3. The normalized spacial score (nSPS) is 13.1. The van der Waals surface area contributed by atoms with Crippen LogP contribution in [0.4, 0.5) is 13.2 Å². The highest BCUT2D eigenvalue weighted by Gasteiger charge is 2.19. The largest absolute Gasteiger partial charge is 0.313 e. The van der Waals surface area contributed by atoms with Gasteiger partial charge >= 0.3 is 0 Å². The number of hydrogen-bond acceptors (Lipinski definition) is 1. The van der Waals surface area contributed by atoms with E-state index in [-0.39, 0.29) is 11.6 Å². The summed E-state index contributed by atoms with van der Waals surface area (Å²) in [6.07, 6.45) is 1.58. The monoisotopic (exact) mass is 245 g/mol. The predicted molar refractivity (Wildman–Crippen MR) is 62.2 cm³/mol. The molecule has 1 rings (SSSR count). The van der Waals surface area contributed by atoms with E-state index in [9.17, 15) is 13.2 Å². The molecule has 96 valence electrons. The van der Waals surface area contributed by atoms with Crippen LogP contribution in [0.15, 0.2) is 12.1 Å². The smallest absolute Gasteiger partial charge is 0.194 e. The van der Waals surface area contributed by atoms with Crippen molar-refractivity contribution in [3.8, 4) is 0 Å². The van der Waals surface area contributed by atoms with E-state index in [0.29, 0.717) is 12.3 Å². The van der Waals surface area contributed by atoms with Crippen molar-refractivity contribution in [2.45, 2.75) is 32.7 Å². The van der Waals surface area contributed by atoms with Crippen LogP contribution >= 0.6 is 0 Å². The first-order valence-electron chi connectivity index (χ1n) is 5.78. The van der Waals surface area contributed by atoms with E-state index in [1.807, 2.05) is 0 Å². The summed E-state index contributed by atoms with van der Waals surface area (Å²) in [6.45, 7) is 4.13. The van der Waals surface area contributed by atoms with Gasteiger partial charge in [0.25, 0.3) is 0 Å². The molecule has 17 heavy (non-hydrogen) atoms. The summed E-state index contributed by atoms with van der Waals surface area (Å²) in [7, 11) is 1.69. The molecule has 1 atom stereocenters. The Labute approximate surface area is 100 Å². The summed E-state index contributed by atoms with van der Waals surface area (Å²) in [6, 6.07) is 1.98. The third kappa shape index (κ3) is 3.46. The highest BCUT2D eigenvalue weighted by Crippen LogP contribution is 2.25. The molecule has 0 radical (unpaired) electrons. The molecule has 0 heterocycles. The zero-order valence-electron chi connectivity index (χ0n) is 10.4. The summed E-state index contributed by atoms with van der Waals surface area (Å²) in [5, 5.41) is 2.93. The minimum Gasteiger partial charge on any atom is -0.313 e. The maximum absolute atomic E-state index is 13.6. The zero-order valence-corrected chi connectivity index (χ0v) is 10.4. The Morgan fingerprint density at radius 1 is 1.06 bits per heavy atom. The molecule has 0 aliphatic heterocycles. The fourth-order valence-electron chi connectivity index (χ4n) is 1.77. The van der Waals surface area contributed by atoms with Gasteiger partial charge in [-0.05, 0) is 31.9 Å². The molecule has 4 heteroatoms. The minimum absolute atomic E-state index is 0.187. The van der Waals surface area contributed by atoms with Crippen LogP contribution in [0, 0.1) is 23.4 Å². The SMILES string of the molecule is CNC(CCC(C)C)c1ccc(F)c(F)c1F. The number of rotatable bonds is 5. The van der Waals surface area contributed by atoms with E-state index in [0.717, 1.165) is 12.5 Å². The standard InChI is InChI=1S/C13H18F3N/c1-8(2)4-7-11(17-3)9-5-6-10(14)13(16)12(9)15/h5-6,8,11,17H,4,7H2,1-3H3. The molecule has 1 unspecified atom stereocenters. The van der Waals surface area contributed by atoms with Gasteiger partial charge in [-0.1, -0.05) is 19.9 Å². The Morgan fingerprint density at radius 2 is 1.71 bits per heavy atom. The van der Waals surface area contributed by atoms with Crippen LogP contribution < -0.4 is 5.32 Å². The van der Waals surface area contributed by atoms with Crippen molar-refractivity contribution in [3.63, 3.8) is 0 Å². The van der Waals surface area contributed by atoms with Gasteiger partial charge in [-0.3, -0.25) is 0 Å². The second-order valence-corrected chi connectivity index (χ2v) is 4.58. The molecule has 1 N–H and O–H groups in total. The summed E-state index contributed by atoms with van der Waals surface area (Å²) >= 11 is 0. The molecule has 1 aromatic rings. The number of nitrogens with one attached hydrogen (secondary N) is 1. The average molecular weight is 245 g/mol.